The summed E-state index contributed by atoms with van der Waals surface area (Å²) in [5.74, 6) is -0.540. The number of aryl methyl sites for hydroxylation is 2. The van der Waals surface area contributed by atoms with E-state index in [0.717, 1.165) is 55.3 Å². The van der Waals surface area contributed by atoms with Crippen molar-refractivity contribution in [2.24, 2.45) is 0 Å². The molecule has 0 saturated heterocycles. The van der Waals surface area contributed by atoms with Crippen LogP contribution in [-0.4, -0.2) is 44.6 Å². The number of benzene rings is 1. The van der Waals surface area contributed by atoms with Gasteiger partial charge in [0.15, 0.2) is 0 Å². The van der Waals surface area contributed by atoms with Gasteiger partial charge in [0.2, 0.25) is 15.9 Å². The fraction of sp³-hybridized carbons (Fsp3) is 0.556. The topological polar surface area (TPSA) is 95.6 Å². The van der Waals surface area contributed by atoms with Crippen LogP contribution in [0.15, 0.2) is 6.07 Å². The number of hydrogen-bond acceptors (Lipinski definition) is 4. The Morgan fingerprint density at radius 1 is 1.08 bits per heavy atom. The lowest BCUT2D eigenvalue weighted by atomic mass is 9.99. The van der Waals surface area contributed by atoms with Gasteiger partial charge in [-0.1, -0.05) is 6.07 Å². The molecule has 0 unspecified atom stereocenters. The number of amides is 3. The summed E-state index contributed by atoms with van der Waals surface area (Å²) in [5, 5.41) is 2.80. The molecule has 0 aliphatic heterocycles. The van der Waals surface area contributed by atoms with E-state index in [1.165, 1.54) is 30.0 Å². The Labute approximate surface area is 154 Å². The van der Waals surface area contributed by atoms with E-state index in [1.54, 1.807) is 0 Å². The first-order chi connectivity index (χ1) is 12.3. The summed E-state index contributed by atoms with van der Waals surface area (Å²) in [6.07, 6.45) is 5.96. The minimum Gasteiger partial charge on any atom is -0.345 e. The molecule has 2 aliphatic rings. The molecule has 2 aliphatic carbocycles. The lowest BCUT2D eigenvalue weighted by Crippen LogP contribution is -2.39. The SMILES string of the molecule is CC(=O)N(C)CCS(=O)(=O)NC(=O)Nc1c2c(cc3c1CCC3)CCC2. The summed E-state index contributed by atoms with van der Waals surface area (Å²) in [7, 11) is -2.29. The average molecular weight is 379 g/mol. The molecule has 0 bridgehead atoms. The van der Waals surface area contributed by atoms with E-state index in [4.69, 9.17) is 0 Å². The van der Waals surface area contributed by atoms with Crippen molar-refractivity contribution < 1.29 is 18.0 Å². The molecule has 1 aromatic rings. The number of fused-ring (bicyclic) bond motifs is 2. The fourth-order valence-corrected chi connectivity index (χ4v) is 4.66. The lowest BCUT2D eigenvalue weighted by Gasteiger charge is -2.17. The van der Waals surface area contributed by atoms with Crippen LogP contribution in [0.3, 0.4) is 0 Å². The maximum atomic E-state index is 12.3. The van der Waals surface area contributed by atoms with Crippen molar-refractivity contribution in [2.75, 3.05) is 24.7 Å². The Morgan fingerprint density at radius 3 is 2.19 bits per heavy atom. The van der Waals surface area contributed by atoms with E-state index in [0.29, 0.717) is 0 Å². The molecule has 26 heavy (non-hydrogen) atoms. The highest BCUT2D eigenvalue weighted by Gasteiger charge is 2.26. The largest absolute Gasteiger partial charge is 0.345 e. The summed E-state index contributed by atoms with van der Waals surface area (Å²) in [6.45, 7) is 1.40. The van der Waals surface area contributed by atoms with E-state index < -0.39 is 16.1 Å². The average Bonchev–Trinajstić information content (AvgIpc) is 3.20. The summed E-state index contributed by atoms with van der Waals surface area (Å²) in [4.78, 5) is 24.8. The molecule has 0 saturated carbocycles. The zero-order chi connectivity index (χ0) is 18.9. The highest BCUT2D eigenvalue weighted by atomic mass is 32.2. The van der Waals surface area contributed by atoms with E-state index in [9.17, 15) is 18.0 Å². The minimum atomic E-state index is -3.81. The molecular formula is C18H25N3O4S. The highest BCUT2D eigenvalue weighted by molar-refractivity contribution is 7.90. The van der Waals surface area contributed by atoms with Crippen molar-refractivity contribution in [3.05, 3.63) is 28.3 Å². The number of anilines is 1. The van der Waals surface area contributed by atoms with Gasteiger partial charge in [0.05, 0.1) is 5.75 Å². The van der Waals surface area contributed by atoms with Crippen LogP contribution < -0.4 is 10.0 Å². The van der Waals surface area contributed by atoms with Crippen LogP contribution in [0.1, 0.15) is 42.0 Å². The molecule has 3 amide bonds. The maximum absolute atomic E-state index is 12.3. The van der Waals surface area contributed by atoms with Crippen LogP contribution in [0.4, 0.5) is 10.5 Å². The summed E-state index contributed by atoms with van der Waals surface area (Å²) in [5.41, 5.74) is 5.64. The van der Waals surface area contributed by atoms with Gasteiger partial charge < -0.3 is 10.2 Å². The second-order valence-corrected chi connectivity index (χ2v) is 8.89. The number of rotatable bonds is 5. The molecule has 0 spiro atoms. The number of hydrogen-bond donors (Lipinski definition) is 2. The number of sulfonamides is 1. The first-order valence-electron chi connectivity index (χ1n) is 8.96. The third-order valence-corrected chi connectivity index (χ3v) is 6.41. The molecule has 7 nitrogen and oxygen atoms in total. The zero-order valence-corrected chi connectivity index (χ0v) is 16.0. The Hall–Kier alpha value is -2.09. The van der Waals surface area contributed by atoms with Crippen molar-refractivity contribution in [1.82, 2.24) is 9.62 Å². The number of nitrogens with zero attached hydrogens (tertiary/aromatic N) is 1. The van der Waals surface area contributed by atoms with Crippen LogP contribution in [0.2, 0.25) is 0 Å². The quantitative estimate of drug-likeness (QED) is 0.812. The third kappa shape index (κ3) is 4.00. The molecule has 1 aromatic carbocycles. The Balaban J connectivity index is 1.70. The van der Waals surface area contributed by atoms with Gasteiger partial charge in [-0.25, -0.2) is 17.9 Å². The monoisotopic (exact) mass is 379 g/mol. The van der Waals surface area contributed by atoms with Gasteiger partial charge in [-0.15, -0.1) is 0 Å². The molecule has 0 radical (unpaired) electrons. The predicted molar refractivity (Wildman–Crippen MR) is 99.7 cm³/mol. The van der Waals surface area contributed by atoms with Gasteiger partial charge in [0, 0.05) is 26.2 Å². The molecule has 142 valence electrons. The fourth-order valence-electron chi connectivity index (χ4n) is 3.71. The summed E-state index contributed by atoms with van der Waals surface area (Å²) >= 11 is 0. The van der Waals surface area contributed by atoms with Gasteiger partial charge in [-0.3, -0.25) is 4.79 Å². The van der Waals surface area contributed by atoms with Crippen molar-refractivity contribution in [1.29, 1.82) is 0 Å². The minimum absolute atomic E-state index is 0.0358. The summed E-state index contributed by atoms with van der Waals surface area (Å²) < 4.78 is 26.3. The number of carbonyl (C=O) groups excluding carboxylic acids is 2. The Kier molecular flexibility index (Phi) is 5.22. The van der Waals surface area contributed by atoms with Gasteiger partial charge in [0.25, 0.3) is 0 Å². The van der Waals surface area contributed by atoms with E-state index >= 15 is 0 Å². The highest BCUT2D eigenvalue weighted by Crippen LogP contribution is 2.38. The molecule has 8 heteroatoms. The Morgan fingerprint density at radius 2 is 1.65 bits per heavy atom. The molecule has 2 N–H and O–H groups in total. The first-order valence-corrected chi connectivity index (χ1v) is 10.6. The van der Waals surface area contributed by atoms with Crippen molar-refractivity contribution in [3.8, 4) is 0 Å². The predicted octanol–water partition coefficient (Wildman–Crippen LogP) is 1.59. The summed E-state index contributed by atoms with van der Waals surface area (Å²) in [6, 6.07) is 1.52. The van der Waals surface area contributed by atoms with Crippen LogP contribution in [0, 0.1) is 0 Å². The van der Waals surface area contributed by atoms with E-state index in [-0.39, 0.29) is 18.2 Å². The molecular weight excluding hydrogens is 354 g/mol. The molecule has 0 fully saturated rings. The van der Waals surface area contributed by atoms with E-state index in [2.05, 4.69) is 16.1 Å². The first kappa shape index (κ1) is 18.7. The van der Waals surface area contributed by atoms with Gasteiger partial charge in [-0.05, 0) is 60.8 Å². The molecule has 0 aromatic heterocycles. The smallest absolute Gasteiger partial charge is 0.332 e. The van der Waals surface area contributed by atoms with Crippen LogP contribution in [-0.2, 0) is 40.5 Å². The van der Waals surface area contributed by atoms with Crippen LogP contribution >= 0.6 is 0 Å². The van der Waals surface area contributed by atoms with Gasteiger partial charge in [0.1, 0.15) is 0 Å². The number of carbonyl (C=O) groups is 2. The molecule has 0 heterocycles. The maximum Gasteiger partial charge on any atom is 0.332 e. The second-order valence-electron chi connectivity index (χ2n) is 7.05. The van der Waals surface area contributed by atoms with Crippen LogP contribution in [0.25, 0.3) is 0 Å². The number of nitrogens with one attached hydrogen (secondary N) is 2. The van der Waals surface area contributed by atoms with Crippen molar-refractivity contribution in [3.63, 3.8) is 0 Å². The second kappa shape index (κ2) is 7.26. The van der Waals surface area contributed by atoms with Crippen molar-refractivity contribution in [2.45, 2.75) is 45.4 Å². The Bertz CT molecular complexity index is 816. The van der Waals surface area contributed by atoms with Gasteiger partial charge >= 0.3 is 6.03 Å². The number of urea groups is 1. The molecule has 3 rings (SSSR count). The normalized spacial score (nSPS) is 15.3. The van der Waals surface area contributed by atoms with Gasteiger partial charge in [-0.2, -0.15) is 0 Å². The standard InChI is InChI=1S/C18H25N3O4S/c1-12(22)21(2)9-10-26(24,25)20-18(23)19-17-15-7-3-5-13(15)11-14-6-4-8-16(14)17/h11H,3-10H2,1-2H3,(H2,19,20,23). The van der Waals surface area contributed by atoms with Crippen molar-refractivity contribution >= 4 is 27.6 Å². The van der Waals surface area contributed by atoms with Crippen LogP contribution in [0.5, 0.6) is 0 Å². The third-order valence-electron chi connectivity index (χ3n) is 5.19. The van der Waals surface area contributed by atoms with E-state index in [1.807, 2.05) is 0 Å². The molecule has 0 atom stereocenters. The lowest BCUT2D eigenvalue weighted by molar-refractivity contribution is -0.127. The zero-order valence-electron chi connectivity index (χ0n) is 15.2.